The number of nitrogens with two attached hydrogens (primary N) is 1. The summed E-state index contributed by atoms with van der Waals surface area (Å²) in [6.45, 7) is 1.98. The molecule has 0 aromatic heterocycles. The summed E-state index contributed by atoms with van der Waals surface area (Å²) >= 11 is 0. The normalized spacial score (nSPS) is 11.1. The minimum absolute atomic E-state index is 0.123. The third-order valence-electron chi connectivity index (χ3n) is 4.42. The first-order valence-electron chi connectivity index (χ1n) is 9.47. The molecule has 148 valence electrons. The Labute approximate surface area is 165 Å². The van der Waals surface area contributed by atoms with Gasteiger partial charge in [0.25, 0.3) is 0 Å². The molecule has 2 N–H and O–H groups in total. The smallest absolute Gasteiger partial charge is 0.120 e. The van der Waals surface area contributed by atoms with Crippen LogP contribution in [-0.2, 0) is 16.0 Å². The van der Waals surface area contributed by atoms with E-state index in [1.165, 1.54) is 11.1 Å². The van der Waals surface area contributed by atoms with Crippen LogP contribution in [0.1, 0.15) is 5.56 Å². The number of rotatable bonds is 11. The van der Waals surface area contributed by atoms with Crippen LogP contribution in [0.5, 0.6) is 5.75 Å². The monoisotopic (exact) mass is 383 g/mol. The maximum Gasteiger partial charge on any atom is 0.120 e. The molecule has 5 heteroatoms. The molecular weight excluding hydrogens is 357 g/mol. The lowest BCUT2D eigenvalue weighted by atomic mass is 10.00. The van der Waals surface area contributed by atoms with Crippen molar-refractivity contribution in [3.8, 4) is 16.9 Å². The molecule has 28 heavy (non-hydrogen) atoms. The summed E-state index contributed by atoms with van der Waals surface area (Å²) in [5, 5.41) is 2.29. The summed E-state index contributed by atoms with van der Waals surface area (Å²) in [6, 6.07) is 20.8. The number of ether oxygens (including phenoxy) is 3. The van der Waals surface area contributed by atoms with Crippen LogP contribution in [-0.4, -0.2) is 39.7 Å². The molecule has 0 fully saturated rings. The van der Waals surface area contributed by atoms with Crippen LogP contribution in [0.15, 0.2) is 60.7 Å². The quantitative estimate of drug-likeness (QED) is 0.500. The van der Waals surface area contributed by atoms with Gasteiger partial charge in [0.2, 0.25) is 0 Å². The fourth-order valence-electron chi connectivity index (χ4n) is 2.92. The molecule has 0 bridgehead atoms. The predicted octanol–water partition coefficient (Wildman–Crippen LogP) is 4.35. The Kier molecular flexibility index (Phi) is 7.79. The minimum Gasteiger partial charge on any atom is -0.491 e. The van der Waals surface area contributed by atoms with Crippen molar-refractivity contribution in [1.29, 1.82) is 0 Å². The van der Waals surface area contributed by atoms with E-state index in [9.17, 15) is 4.39 Å². The highest BCUT2D eigenvalue weighted by Crippen LogP contribution is 2.27. The number of benzene rings is 3. The molecule has 0 heterocycles. The van der Waals surface area contributed by atoms with Gasteiger partial charge in [-0.2, -0.15) is 0 Å². The first-order chi connectivity index (χ1) is 13.8. The molecule has 4 nitrogen and oxygen atoms in total. The van der Waals surface area contributed by atoms with Crippen LogP contribution < -0.4 is 10.5 Å². The van der Waals surface area contributed by atoms with Crippen molar-refractivity contribution in [2.75, 3.05) is 39.7 Å². The van der Waals surface area contributed by atoms with E-state index in [2.05, 4.69) is 48.5 Å². The summed E-state index contributed by atoms with van der Waals surface area (Å²) in [5.74, 6) is 0.810. The minimum atomic E-state index is -0.465. The second-order valence-corrected chi connectivity index (χ2v) is 6.39. The first-order valence-corrected chi connectivity index (χ1v) is 9.47. The van der Waals surface area contributed by atoms with E-state index in [1.54, 1.807) is 0 Å². The molecule has 0 radical (unpaired) electrons. The molecular formula is C23H26FNO3. The van der Waals surface area contributed by atoms with Crippen molar-refractivity contribution in [3.63, 3.8) is 0 Å². The zero-order valence-corrected chi connectivity index (χ0v) is 15.9. The second-order valence-electron chi connectivity index (χ2n) is 6.39. The van der Waals surface area contributed by atoms with E-state index in [-0.39, 0.29) is 6.61 Å². The zero-order chi connectivity index (χ0) is 19.6. The molecule has 0 saturated carbocycles. The highest BCUT2D eigenvalue weighted by atomic mass is 19.1. The largest absolute Gasteiger partial charge is 0.491 e. The molecule has 0 aliphatic rings. The van der Waals surface area contributed by atoms with E-state index >= 15 is 0 Å². The topological polar surface area (TPSA) is 53.7 Å². The van der Waals surface area contributed by atoms with Gasteiger partial charge in [0.1, 0.15) is 19.0 Å². The lowest BCUT2D eigenvalue weighted by Gasteiger charge is -2.09. The number of hydrogen-bond donors (Lipinski definition) is 1. The Hall–Kier alpha value is -2.47. The number of alkyl halides is 1. The van der Waals surface area contributed by atoms with Crippen LogP contribution >= 0.6 is 0 Å². The average molecular weight is 383 g/mol. The Morgan fingerprint density at radius 3 is 2.07 bits per heavy atom. The Morgan fingerprint density at radius 1 is 0.679 bits per heavy atom. The zero-order valence-electron chi connectivity index (χ0n) is 15.9. The van der Waals surface area contributed by atoms with E-state index in [4.69, 9.17) is 19.9 Å². The lowest BCUT2D eigenvalue weighted by molar-refractivity contribution is 0.0325. The average Bonchev–Trinajstić information content (AvgIpc) is 2.75. The van der Waals surface area contributed by atoms with Crippen molar-refractivity contribution < 1.29 is 18.6 Å². The van der Waals surface area contributed by atoms with Gasteiger partial charge in [-0.05, 0) is 45.7 Å². The second kappa shape index (κ2) is 10.8. The molecule has 0 saturated heterocycles. The summed E-state index contributed by atoms with van der Waals surface area (Å²) in [5.41, 5.74) is 9.14. The van der Waals surface area contributed by atoms with Crippen molar-refractivity contribution in [2.24, 2.45) is 5.73 Å². The van der Waals surface area contributed by atoms with Gasteiger partial charge in [-0.1, -0.05) is 42.5 Å². The van der Waals surface area contributed by atoms with Gasteiger partial charge in [-0.25, -0.2) is 4.39 Å². The first kappa shape index (κ1) is 20.3. The molecule has 3 aromatic rings. The van der Waals surface area contributed by atoms with E-state index in [0.29, 0.717) is 33.0 Å². The van der Waals surface area contributed by atoms with Gasteiger partial charge in [0, 0.05) is 6.54 Å². The van der Waals surface area contributed by atoms with Gasteiger partial charge < -0.3 is 19.9 Å². The standard InChI is InChI=1S/C23H26FNO3/c24-9-10-26-11-12-27-13-14-28-23-8-7-21-15-20(5-6-22(21)16-23)19-3-1-18(17-25)2-4-19/h1-8,15-16H,9-14,17,25H2. The molecule has 0 aliphatic heterocycles. The van der Waals surface area contributed by atoms with Crippen molar-refractivity contribution in [2.45, 2.75) is 6.54 Å². The van der Waals surface area contributed by atoms with Crippen molar-refractivity contribution in [3.05, 3.63) is 66.2 Å². The molecule has 0 atom stereocenters. The predicted molar refractivity (Wildman–Crippen MR) is 110 cm³/mol. The summed E-state index contributed by atoms with van der Waals surface area (Å²) in [6.07, 6.45) is 0. The fraction of sp³-hybridized carbons (Fsp3) is 0.304. The summed E-state index contributed by atoms with van der Waals surface area (Å²) in [7, 11) is 0. The summed E-state index contributed by atoms with van der Waals surface area (Å²) in [4.78, 5) is 0. The highest BCUT2D eigenvalue weighted by Gasteiger charge is 2.02. The van der Waals surface area contributed by atoms with Gasteiger partial charge in [-0.3, -0.25) is 0 Å². The van der Waals surface area contributed by atoms with Crippen molar-refractivity contribution in [1.82, 2.24) is 0 Å². The van der Waals surface area contributed by atoms with Crippen LogP contribution in [0.25, 0.3) is 21.9 Å². The van der Waals surface area contributed by atoms with Crippen molar-refractivity contribution >= 4 is 10.8 Å². The Morgan fingerprint density at radius 2 is 1.32 bits per heavy atom. The van der Waals surface area contributed by atoms with Gasteiger partial charge in [-0.15, -0.1) is 0 Å². The molecule has 0 amide bonds. The Bertz CT molecular complexity index is 867. The van der Waals surface area contributed by atoms with Gasteiger partial charge >= 0.3 is 0 Å². The highest BCUT2D eigenvalue weighted by molar-refractivity contribution is 5.88. The van der Waals surface area contributed by atoms with Gasteiger partial charge in [0.05, 0.1) is 26.4 Å². The summed E-state index contributed by atoms with van der Waals surface area (Å²) < 4.78 is 28.0. The third kappa shape index (κ3) is 5.76. The van der Waals surface area contributed by atoms with E-state index in [1.807, 2.05) is 12.1 Å². The Balaban J connectivity index is 1.54. The maximum absolute atomic E-state index is 11.9. The van der Waals surface area contributed by atoms with E-state index < -0.39 is 6.67 Å². The molecule has 0 aliphatic carbocycles. The number of halogens is 1. The molecule has 3 aromatic carbocycles. The van der Waals surface area contributed by atoms with Crippen LogP contribution in [0.3, 0.4) is 0 Å². The molecule has 0 unspecified atom stereocenters. The van der Waals surface area contributed by atoms with Crippen LogP contribution in [0.4, 0.5) is 4.39 Å². The van der Waals surface area contributed by atoms with Gasteiger partial charge in [0.15, 0.2) is 0 Å². The maximum atomic E-state index is 11.9. The number of fused-ring (bicyclic) bond motifs is 1. The lowest BCUT2D eigenvalue weighted by Crippen LogP contribution is -2.11. The number of hydrogen-bond acceptors (Lipinski definition) is 4. The third-order valence-corrected chi connectivity index (χ3v) is 4.42. The molecule has 3 rings (SSSR count). The van der Waals surface area contributed by atoms with E-state index in [0.717, 1.165) is 22.1 Å². The fourth-order valence-corrected chi connectivity index (χ4v) is 2.92. The van der Waals surface area contributed by atoms with Crippen LogP contribution in [0.2, 0.25) is 0 Å². The molecule has 0 spiro atoms. The van der Waals surface area contributed by atoms with Crippen LogP contribution in [0, 0.1) is 0 Å². The SMILES string of the molecule is NCc1ccc(-c2ccc3cc(OCCOCCOCCF)ccc3c2)cc1.